The molecule has 0 N–H and O–H groups in total. The molecule has 0 bridgehead atoms. The summed E-state index contributed by atoms with van der Waals surface area (Å²) in [4.78, 5) is 4.18. The maximum absolute atomic E-state index is 5.73. The summed E-state index contributed by atoms with van der Waals surface area (Å²) in [5.74, 6) is 1.69. The molecule has 0 fully saturated rings. The molecule has 90 valence electrons. The Kier molecular flexibility index (Phi) is 4.39. The molecule has 1 aromatic carbocycles. The summed E-state index contributed by atoms with van der Waals surface area (Å²) >= 11 is 5.03. The number of hydrogen-bond donors (Lipinski definition) is 0. The maximum Gasteiger partial charge on any atom is 0.140 e. The van der Waals surface area contributed by atoms with Gasteiger partial charge < -0.3 is 9.47 Å². The summed E-state index contributed by atoms with van der Waals surface area (Å²) in [6, 6.07) is 5.78. The van der Waals surface area contributed by atoms with Crippen molar-refractivity contribution >= 4 is 27.3 Å². The van der Waals surface area contributed by atoms with Crippen LogP contribution in [0.3, 0.4) is 0 Å². The van der Waals surface area contributed by atoms with Gasteiger partial charge in [-0.2, -0.15) is 0 Å². The van der Waals surface area contributed by atoms with Gasteiger partial charge in [0.25, 0.3) is 0 Å². The van der Waals surface area contributed by atoms with Gasteiger partial charge >= 0.3 is 0 Å². The fourth-order valence-electron chi connectivity index (χ4n) is 1.39. The second-order valence-electron chi connectivity index (χ2n) is 3.32. The van der Waals surface area contributed by atoms with Crippen molar-refractivity contribution in [2.24, 2.45) is 0 Å². The van der Waals surface area contributed by atoms with Gasteiger partial charge in [0.05, 0.1) is 7.11 Å². The highest BCUT2D eigenvalue weighted by Crippen LogP contribution is 2.27. The topological polar surface area (TPSA) is 31.4 Å². The summed E-state index contributed by atoms with van der Waals surface area (Å²) in [5, 5.41) is 3.65. The largest absolute Gasteiger partial charge is 0.497 e. The van der Waals surface area contributed by atoms with Crippen LogP contribution in [0, 0.1) is 0 Å². The zero-order valence-corrected chi connectivity index (χ0v) is 11.8. The normalized spacial score (nSPS) is 10.2. The van der Waals surface area contributed by atoms with Crippen molar-refractivity contribution in [1.82, 2.24) is 4.98 Å². The minimum Gasteiger partial charge on any atom is -0.497 e. The average Bonchev–Trinajstić information content (AvgIpc) is 2.89. The van der Waals surface area contributed by atoms with Crippen LogP contribution in [0.5, 0.6) is 11.5 Å². The molecule has 1 heterocycles. The molecule has 0 saturated heterocycles. The molecule has 1 aromatic heterocycles. The molecule has 0 unspecified atom stereocenters. The van der Waals surface area contributed by atoms with Crippen molar-refractivity contribution < 1.29 is 9.47 Å². The van der Waals surface area contributed by atoms with Gasteiger partial charge in [-0.05, 0) is 18.2 Å². The molecule has 0 radical (unpaired) electrons. The fourth-order valence-corrected chi connectivity index (χ4v) is 2.36. The van der Waals surface area contributed by atoms with Gasteiger partial charge in [0, 0.05) is 22.5 Å². The number of nitrogens with zero attached hydrogens (tertiary/aromatic N) is 1. The minimum absolute atomic E-state index is 0.504. The zero-order valence-electron chi connectivity index (χ0n) is 9.35. The Balaban J connectivity index is 2.09. The van der Waals surface area contributed by atoms with Crippen LogP contribution in [0.1, 0.15) is 10.6 Å². The molecule has 2 rings (SSSR count). The Morgan fingerprint density at radius 2 is 2.29 bits per heavy atom. The molecule has 5 heteroatoms. The first-order chi connectivity index (χ1) is 8.33. The summed E-state index contributed by atoms with van der Waals surface area (Å²) in [6.07, 6.45) is 1.78. The molecule has 3 nitrogen and oxygen atoms in total. The van der Waals surface area contributed by atoms with E-state index in [2.05, 4.69) is 20.9 Å². The van der Waals surface area contributed by atoms with Crippen LogP contribution in [0.15, 0.2) is 29.8 Å². The lowest BCUT2D eigenvalue weighted by molar-refractivity contribution is 0.302. The Hall–Kier alpha value is -1.07. The second-order valence-corrected chi connectivity index (χ2v) is 4.86. The third kappa shape index (κ3) is 3.20. The van der Waals surface area contributed by atoms with E-state index in [0.29, 0.717) is 6.61 Å². The van der Waals surface area contributed by atoms with Crippen molar-refractivity contribution in [3.63, 3.8) is 0 Å². The van der Waals surface area contributed by atoms with Gasteiger partial charge in [-0.3, -0.25) is 0 Å². The van der Waals surface area contributed by atoms with Gasteiger partial charge in [-0.15, -0.1) is 11.3 Å². The van der Waals surface area contributed by atoms with E-state index in [1.807, 2.05) is 23.6 Å². The third-order valence-corrected chi connectivity index (χ3v) is 3.60. The first kappa shape index (κ1) is 12.4. The van der Waals surface area contributed by atoms with Crippen LogP contribution in [0.25, 0.3) is 0 Å². The maximum atomic E-state index is 5.73. The van der Waals surface area contributed by atoms with Crippen LogP contribution in [0.4, 0.5) is 0 Å². The molecule has 0 saturated carbocycles. The van der Waals surface area contributed by atoms with Crippen molar-refractivity contribution in [3.8, 4) is 11.5 Å². The van der Waals surface area contributed by atoms with Gasteiger partial charge in [-0.25, -0.2) is 4.98 Å². The third-order valence-electron chi connectivity index (χ3n) is 2.25. The smallest absolute Gasteiger partial charge is 0.140 e. The van der Waals surface area contributed by atoms with Crippen LogP contribution in [0.2, 0.25) is 0 Å². The molecule has 0 aliphatic carbocycles. The van der Waals surface area contributed by atoms with Gasteiger partial charge in [0.2, 0.25) is 0 Å². The van der Waals surface area contributed by atoms with Crippen LogP contribution < -0.4 is 9.47 Å². The minimum atomic E-state index is 0.504. The molecular formula is C12H12BrNO2S. The van der Waals surface area contributed by atoms with E-state index in [1.54, 1.807) is 24.6 Å². The highest BCUT2D eigenvalue weighted by molar-refractivity contribution is 9.08. The summed E-state index contributed by atoms with van der Waals surface area (Å²) in [7, 11) is 1.66. The van der Waals surface area contributed by atoms with Crippen molar-refractivity contribution in [3.05, 3.63) is 40.3 Å². The Morgan fingerprint density at radius 1 is 1.41 bits per heavy atom. The van der Waals surface area contributed by atoms with Crippen LogP contribution >= 0.6 is 27.3 Å². The van der Waals surface area contributed by atoms with E-state index in [4.69, 9.17) is 9.47 Å². The lowest BCUT2D eigenvalue weighted by Crippen LogP contribution is -1.97. The van der Waals surface area contributed by atoms with E-state index in [1.165, 1.54) is 0 Å². The van der Waals surface area contributed by atoms with Crippen molar-refractivity contribution in [2.45, 2.75) is 11.9 Å². The van der Waals surface area contributed by atoms with E-state index in [0.717, 1.165) is 27.4 Å². The lowest BCUT2D eigenvalue weighted by atomic mass is 10.2. The van der Waals surface area contributed by atoms with Crippen LogP contribution in [-0.2, 0) is 11.9 Å². The number of benzene rings is 1. The Labute approximate surface area is 113 Å². The van der Waals surface area contributed by atoms with Crippen molar-refractivity contribution in [2.75, 3.05) is 7.11 Å². The summed E-state index contributed by atoms with van der Waals surface area (Å²) < 4.78 is 10.9. The second kappa shape index (κ2) is 6.02. The standard InChI is InChI=1S/C12H12BrNO2S/c1-15-10-2-3-11(9(6-10)7-13)16-8-12-14-4-5-17-12/h2-6H,7-8H2,1H3. The van der Waals surface area contributed by atoms with Crippen LogP contribution in [-0.4, -0.2) is 12.1 Å². The van der Waals surface area contributed by atoms with E-state index < -0.39 is 0 Å². The van der Waals surface area contributed by atoms with E-state index in [9.17, 15) is 0 Å². The number of aromatic nitrogens is 1. The molecule has 0 aliphatic heterocycles. The highest BCUT2D eigenvalue weighted by Gasteiger charge is 2.05. The molecule has 17 heavy (non-hydrogen) atoms. The molecule has 0 spiro atoms. The molecule has 0 atom stereocenters. The number of methoxy groups -OCH3 is 1. The average molecular weight is 314 g/mol. The first-order valence-corrected chi connectivity index (χ1v) is 7.07. The van der Waals surface area contributed by atoms with Gasteiger partial charge in [0.1, 0.15) is 23.1 Å². The van der Waals surface area contributed by atoms with Gasteiger partial charge in [0.15, 0.2) is 0 Å². The Bertz CT molecular complexity index is 473. The molecule has 0 amide bonds. The van der Waals surface area contributed by atoms with Gasteiger partial charge in [-0.1, -0.05) is 15.9 Å². The predicted molar refractivity (Wildman–Crippen MR) is 72.1 cm³/mol. The van der Waals surface area contributed by atoms with Crippen molar-refractivity contribution in [1.29, 1.82) is 0 Å². The SMILES string of the molecule is COc1ccc(OCc2nccs2)c(CBr)c1. The summed E-state index contributed by atoms with van der Waals surface area (Å²) in [5.41, 5.74) is 1.07. The number of thiazole rings is 1. The first-order valence-electron chi connectivity index (χ1n) is 5.07. The number of hydrogen-bond acceptors (Lipinski definition) is 4. The number of rotatable bonds is 5. The molecular weight excluding hydrogens is 302 g/mol. The fraction of sp³-hybridized carbons (Fsp3) is 0.250. The highest BCUT2D eigenvalue weighted by atomic mass is 79.9. The van der Waals surface area contributed by atoms with E-state index in [-0.39, 0.29) is 0 Å². The zero-order chi connectivity index (χ0) is 12.1. The number of halogens is 1. The predicted octanol–water partition coefficient (Wildman–Crippen LogP) is 3.63. The number of alkyl halides is 1. The summed E-state index contributed by atoms with van der Waals surface area (Å²) in [6.45, 7) is 0.504. The quantitative estimate of drug-likeness (QED) is 0.790. The Morgan fingerprint density at radius 3 is 2.94 bits per heavy atom. The number of ether oxygens (including phenoxy) is 2. The lowest BCUT2D eigenvalue weighted by Gasteiger charge is -2.10. The van der Waals surface area contributed by atoms with E-state index >= 15 is 0 Å². The monoisotopic (exact) mass is 313 g/mol. The molecule has 2 aromatic rings. The molecule has 0 aliphatic rings.